The summed E-state index contributed by atoms with van der Waals surface area (Å²) >= 11 is 0. The van der Waals surface area contributed by atoms with E-state index >= 15 is 0 Å². The number of alkyl halides is 3. The Morgan fingerprint density at radius 2 is 2.07 bits per heavy atom. The maximum absolute atomic E-state index is 12.5. The summed E-state index contributed by atoms with van der Waals surface area (Å²) in [4.78, 5) is 3.73. The number of pyridine rings is 1. The van der Waals surface area contributed by atoms with Crippen molar-refractivity contribution in [2.45, 2.75) is 32.4 Å². The third-order valence-corrected chi connectivity index (χ3v) is 2.30. The van der Waals surface area contributed by atoms with Gasteiger partial charge in [-0.05, 0) is 24.0 Å². The quantitative estimate of drug-likeness (QED) is 0.715. The van der Waals surface area contributed by atoms with Crippen molar-refractivity contribution in [1.29, 1.82) is 0 Å². The van der Waals surface area contributed by atoms with Gasteiger partial charge >= 0.3 is 6.18 Å². The van der Waals surface area contributed by atoms with Crippen LogP contribution in [-0.2, 0) is 6.18 Å². The van der Waals surface area contributed by atoms with Crippen LogP contribution in [0, 0.1) is 0 Å². The SMILES string of the molecule is CCC(C)c1cnccc1C(F)(F)F. The fraction of sp³-hybridized carbons (Fsp3) is 0.500. The van der Waals surface area contributed by atoms with E-state index in [1.807, 2.05) is 6.92 Å². The number of hydrogen-bond donors (Lipinski definition) is 0. The molecule has 14 heavy (non-hydrogen) atoms. The molecule has 1 aromatic heterocycles. The molecule has 0 amide bonds. The number of hydrogen-bond acceptors (Lipinski definition) is 1. The van der Waals surface area contributed by atoms with Gasteiger partial charge in [0.15, 0.2) is 0 Å². The topological polar surface area (TPSA) is 12.9 Å². The number of rotatable bonds is 2. The van der Waals surface area contributed by atoms with Crippen LogP contribution in [0.1, 0.15) is 37.3 Å². The van der Waals surface area contributed by atoms with Crippen molar-refractivity contribution in [3.63, 3.8) is 0 Å². The zero-order valence-electron chi connectivity index (χ0n) is 8.10. The molecular formula is C10H12F3N. The summed E-state index contributed by atoms with van der Waals surface area (Å²) in [7, 11) is 0. The molecule has 0 saturated heterocycles. The zero-order chi connectivity index (χ0) is 10.8. The highest BCUT2D eigenvalue weighted by molar-refractivity contribution is 5.29. The summed E-state index contributed by atoms with van der Waals surface area (Å²) in [6, 6.07) is 1.03. The van der Waals surface area contributed by atoms with Gasteiger partial charge in [0.2, 0.25) is 0 Å². The molecule has 4 heteroatoms. The molecule has 0 aliphatic heterocycles. The Hall–Kier alpha value is -1.06. The van der Waals surface area contributed by atoms with E-state index in [-0.39, 0.29) is 11.5 Å². The highest BCUT2D eigenvalue weighted by Crippen LogP contribution is 2.35. The molecule has 0 spiro atoms. The first-order valence-corrected chi connectivity index (χ1v) is 4.48. The van der Waals surface area contributed by atoms with Crippen LogP contribution >= 0.6 is 0 Å². The molecule has 1 nitrogen and oxygen atoms in total. The van der Waals surface area contributed by atoms with Gasteiger partial charge in [-0.25, -0.2) is 0 Å². The molecule has 1 heterocycles. The predicted molar refractivity (Wildman–Crippen MR) is 47.9 cm³/mol. The molecule has 0 saturated carbocycles. The summed E-state index contributed by atoms with van der Waals surface area (Å²) in [6.07, 6.45) is -1.12. The molecule has 1 unspecified atom stereocenters. The van der Waals surface area contributed by atoms with Crippen LogP contribution < -0.4 is 0 Å². The van der Waals surface area contributed by atoms with E-state index in [0.29, 0.717) is 6.42 Å². The molecule has 1 atom stereocenters. The van der Waals surface area contributed by atoms with Crippen LogP contribution in [0.5, 0.6) is 0 Å². The van der Waals surface area contributed by atoms with Gasteiger partial charge in [-0.2, -0.15) is 13.2 Å². The van der Waals surface area contributed by atoms with Gasteiger partial charge in [0.1, 0.15) is 0 Å². The molecule has 0 radical (unpaired) electrons. The molecular weight excluding hydrogens is 191 g/mol. The van der Waals surface area contributed by atoms with Gasteiger partial charge in [0, 0.05) is 12.4 Å². The van der Waals surface area contributed by atoms with Crippen LogP contribution in [-0.4, -0.2) is 4.98 Å². The first kappa shape index (κ1) is 11.0. The minimum absolute atomic E-state index is 0.111. The summed E-state index contributed by atoms with van der Waals surface area (Å²) in [5.74, 6) is -0.111. The maximum atomic E-state index is 12.5. The van der Waals surface area contributed by atoms with E-state index in [0.717, 1.165) is 6.07 Å². The minimum Gasteiger partial charge on any atom is -0.264 e. The molecule has 0 fully saturated rings. The van der Waals surface area contributed by atoms with Gasteiger partial charge in [0.25, 0.3) is 0 Å². The molecule has 78 valence electrons. The molecule has 1 rings (SSSR count). The number of nitrogens with zero attached hydrogens (tertiary/aromatic N) is 1. The fourth-order valence-electron chi connectivity index (χ4n) is 1.28. The zero-order valence-corrected chi connectivity index (χ0v) is 8.10. The van der Waals surface area contributed by atoms with E-state index < -0.39 is 11.7 Å². The van der Waals surface area contributed by atoms with Crippen molar-refractivity contribution < 1.29 is 13.2 Å². The number of halogens is 3. The normalized spacial score (nSPS) is 14.1. The first-order chi connectivity index (χ1) is 6.46. The molecule has 0 bridgehead atoms. The van der Waals surface area contributed by atoms with Crippen LogP contribution in [0.3, 0.4) is 0 Å². The molecule has 1 aromatic rings. The predicted octanol–water partition coefficient (Wildman–Crippen LogP) is 3.61. The van der Waals surface area contributed by atoms with Crippen molar-refractivity contribution >= 4 is 0 Å². The second kappa shape index (κ2) is 3.98. The summed E-state index contributed by atoms with van der Waals surface area (Å²) < 4.78 is 37.6. The minimum atomic E-state index is -4.28. The van der Waals surface area contributed by atoms with Gasteiger partial charge in [0.05, 0.1) is 5.56 Å². The lowest BCUT2D eigenvalue weighted by molar-refractivity contribution is -0.138. The van der Waals surface area contributed by atoms with Crippen molar-refractivity contribution in [2.24, 2.45) is 0 Å². The lowest BCUT2D eigenvalue weighted by Gasteiger charge is -2.15. The van der Waals surface area contributed by atoms with Gasteiger partial charge in [-0.15, -0.1) is 0 Å². The Labute approximate surface area is 81.0 Å². The second-order valence-electron chi connectivity index (χ2n) is 3.27. The van der Waals surface area contributed by atoms with Crippen LogP contribution in [0.4, 0.5) is 13.2 Å². The van der Waals surface area contributed by atoms with Crippen molar-refractivity contribution in [1.82, 2.24) is 4.98 Å². The molecule has 0 aromatic carbocycles. The summed E-state index contributed by atoms with van der Waals surface area (Å²) in [6.45, 7) is 3.63. The standard InChI is InChI=1S/C10H12F3N/c1-3-7(2)8-6-14-5-4-9(8)10(11,12)13/h4-7H,3H2,1-2H3. The third-order valence-electron chi connectivity index (χ3n) is 2.30. The van der Waals surface area contributed by atoms with E-state index in [4.69, 9.17) is 0 Å². The molecule has 0 aliphatic carbocycles. The van der Waals surface area contributed by atoms with E-state index in [1.54, 1.807) is 6.92 Å². The van der Waals surface area contributed by atoms with E-state index in [9.17, 15) is 13.2 Å². The van der Waals surface area contributed by atoms with E-state index in [1.165, 1.54) is 12.4 Å². The third kappa shape index (κ3) is 2.25. The monoisotopic (exact) mass is 203 g/mol. The van der Waals surface area contributed by atoms with Gasteiger partial charge < -0.3 is 0 Å². The second-order valence-corrected chi connectivity index (χ2v) is 3.27. The highest BCUT2D eigenvalue weighted by Gasteiger charge is 2.34. The Bertz CT molecular complexity index is 306. The average molecular weight is 203 g/mol. The first-order valence-electron chi connectivity index (χ1n) is 4.48. The van der Waals surface area contributed by atoms with Crippen LogP contribution in [0.25, 0.3) is 0 Å². The average Bonchev–Trinajstić information content (AvgIpc) is 2.15. The Kier molecular flexibility index (Phi) is 3.13. The fourth-order valence-corrected chi connectivity index (χ4v) is 1.28. The van der Waals surface area contributed by atoms with Gasteiger partial charge in [-0.1, -0.05) is 13.8 Å². The smallest absolute Gasteiger partial charge is 0.264 e. The number of aromatic nitrogens is 1. The largest absolute Gasteiger partial charge is 0.416 e. The Morgan fingerprint density at radius 1 is 1.43 bits per heavy atom. The molecule has 0 N–H and O–H groups in total. The Balaban J connectivity index is 3.16. The summed E-state index contributed by atoms with van der Waals surface area (Å²) in [5, 5.41) is 0. The summed E-state index contributed by atoms with van der Waals surface area (Å²) in [5.41, 5.74) is -0.288. The highest BCUT2D eigenvalue weighted by atomic mass is 19.4. The van der Waals surface area contributed by atoms with Crippen molar-refractivity contribution in [2.75, 3.05) is 0 Å². The molecule has 0 aliphatic rings. The van der Waals surface area contributed by atoms with Crippen molar-refractivity contribution in [3.8, 4) is 0 Å². The van der Waals surface area contributed by atoms with Crippen LogP contribution in [0.15, 0.2) is 18.5 Å². The lowest BCUT2D eigenvalue weighted by Crippen LogP contribution is -2.11. The van der Waals surface area contributed by atoms with E-state index in [2.05, 4.69) is 4.98 Å². The lowest BCUT2D eigenvalue weighted by atomic mass is 9.95. The maximum Gasteiger partial charge on any atom is 0.416 e. The van der Waals surface area contributed by atoms with Gasteiger partial charge in [-0.3, -0.25) is 4.98 Å². The van der Waals surface area contributed by atoms with Crippen LogP contribution in [0.2, 0.25) is 0 Å². The Morgan fingerprint density at radius 3 is 2.57 bits per heavy atom. The van der Waals surface area contributed by atoms with Crippen molar-refractivity contribution in [3.05, 3.63) is 29.6 Å².